The molecule has 0 bridgehead atoms. The van der Waals surface area contributed by atoms with Crippen molar-refractivity contribution in [3.05, 3.63) is 27.5 Å². The molecular weight excluding hydrogens is 271 g/mol. The first kappa shape index (κ1) is 11.4. The van der Waals surface area contributed by atoms with Crippen LogP contribution in [0.2, 0.25) is 5.02 Å². The fourth-order valence-electron chi connectivity index (χ4n) is 0.996. The van der Waals surface area contributed by atoms with Gasteiger partial charge in [-0.2, -0.15) is 0 Å². The van der Waals surface area contributed by atoms with Gasteiger partial charge in [0.2, 0.25) is 0 Å². The van der Waals surface area contributed by atoms with E-state index in [0.29, 0.717) is 15.2 Å². The Bertz CT molecular complexity index is 359. The number of aromatic nitrogens is 1. The molecule has 0 radical (unpaired) electrons. The van der Waals surface area contributed by atoms with Crippen LogP contribution in [0.3, 0.4) is 0 Å². The highest BCUT2D eigenvalue weighted by Crippen LogP contribution is 2.24. The minimum Gasteiger partial charge on any atom is -0.481 e. The van der Waals surface area contributed by atoms with Gasteiger partial charge in [-0.3, -0.25) is 4.79 Å². The van der Waals surface area contributed by atoms with Crippen molar-refractivity contribution < 1.29 is 9.90 Å². The monoisotopic (exact) mass is 278 g/mol. The molecule has 0 saturated carbocycles. The summed E-state index contributed by atoms with van der Waals surface area (Å²) in [5.74, 6) is -0.954. The van der Waals surface area contributed by atoms with Crippen molar-refractivity contribution in [1.29, 1.82) is 0 Å². The minimum absolute atomic E-state index is 0.152. The first-order valence-electron chi connectivity index (χ1n) is 3.79. The Labute approximate surface area is 94.2 Å². The van der Waals surface area contributed by atoms with Gasteiger partial charge in [-0.15, -0.1) is 0 Å². The summed E-state index contributed by atoms with van der Waals surface area (Å²) in [5.41, 5.74) is 6.25. The Hall–Kier alpha value is -0.650. The zero-order valence-corrected chi connectivity index (χ0v) is 9.42. The molecule has 0 aliphatic rings. The van der Waals surface area contributed by atoms with Crippen molar-refractivity contribution in [3.63, 3.8) is 0 Å². The molecule has 1 aromatic rings. The topological polar surface area (TPSA) is 76.2 Å². The van der Waals surface area contributed by atoms with Crippen LogP contribution in [0.25, 0.3) is 0 Å². The molecule has 0 amide bonds. The Morgan fingerprint density at radius 2 is 2.43 bits per heavy atom. The second-order valence-corrected chi connectivity index (χ2v) is 3.93. The number of nitrogens with two attached hydrogens (primary N) is 1. The van der Waals surface area contributed by atoms with E-state index in [1.54, 1.807) is 6.07 Å². The van der Waals surface area contributed by atoms with Gasteiger partial charge in [0.05, 0.1) is 11.4 Å². The fourth-order valence-corrected chi connectivity index (χ4v) is 1.67. The van der Waals surface area contributed by atoms with Crippen molar-refractivity contribution in [1.82, 2.24) is 4.98 Å². The number of halogens is 2. The number of pyridine rings is 1. The zero-order chi connectivity index (χ0) is 10.7. The number of hydrogen-bond acceptors (Lipinski definition) is 3. The van der Waals surface area contributed by atoms with Crippen molar-refractivity contribution in [2.24, 2.45) is 5.73 Å². The maximum absolute atomic E-state index is 10.4. The molecule has 14 heavy (non-hydrogen) atoms. The molecule has 3 N–H and O–H groups in total. The SMILES string of the molecule is N[C@@H](CC(=O)O)c1cc(Cl)cnc1Br. The summed E-state index contributed by atoms with van der Waals surface area (Å²) < 4.78 is 0.524. The van der Waals surface area contributed by atoms with E-state index in [-0.39, 0.29) is 6.42 Å². The summed E-state index contributed by atoms with van der Waals surface area (Å²) in [6, 6.07) is 1.000. The quantitative estimate of drug-likeness (QED) is 0.829. The standard InChI is InChI=1S/C8H8BrClN2O2/c9-8-5(1-4(10)3-12-8)6(11)2-7(13)14/h1,3,6H,2,11H2,(H,13,14)/t6-/m0/s1. The summed E-state index contributed by atoms with van der Waals surface area (Å²) in [7, 11) is 0. The molecule has 0 aliphatic heterocycles. The molecule has 0 unspecified atom stereocenters. The van der Waals surface area contributed by atoms with Crippen molar-refractivity contribution >= 4 is 33.5 Å². The van der Waals surface area contributed by atoms with E-state index >= 15 is 0 Å². The molecule has 0 saturated heterocycles. The Morgan fingerprint density at radius 1 is 1.79 bits per heavy atom. The maximum Gasteiger partial charge on any atom is 0.305 e. The van der Waals surface area contributed by atoms with E-state index in [4.69, 9.17) is 22.4 Å². The number of aliphatic carboxylic acids is 1. The fraction of sp³-hybridized carbons (Fsp3) is 0.250. The molecule has 0 fully saturated rings. The third kappa shape index (κ3) is 2.94. The minimum atomic E-state index is -0.954. The van der Waals surface area contributed by atoms with Gasteiger partial charge in [0.1, 0.15) is 4.60 Å². The average Bonchev–Trinajstić information content (AvgIpc) is 2.08. The van der Waals surface area contributed by atoms with Crippen LogP contribution in [0.15, 0.2) is 16.9 Å². The van der Waals surface area contributed by atoms with Crippen LogP contribution in [0.1, 0.15) is 18.0 Å². The van der Waals surface area contributed by atoms with E-state index in [2.05, 4.69) is 20.9 Å². The number of nitrogens with zero attached hydrogens (tertiary/aromatic N) is 1. The van der Waals surface area contributed by atoms with Crippen molar-refractivity contribution in [2.75, 3.05) is 0 Å². The van der Waals surface area contributed by atoms with Gasteiger partial charge in [-0.05, 0) is 22.0 Å². The molecule has 1 rings (SSSR count). The number of rotatable bonds is 3. The summed E-state index contributed by atoms with van der Waals surface area (Å²) in [5, 5.41) is 8.99. The van der Waals surface area contributed by atoms with Crippen LogP contribution in [0.4, 0.5) is 0 Å². The molecule has 76 valence electrons. The summed E-state index contributed by atoms with van der Waals surface area (Å²) in [6.45, 7) is 0. The van der Waals surface area contributed by atoms with Gasteiger partial charge in [0.15, 0.2) is 0 Å². The number of carbonyl (C=O) groups is 1. The van der Waals surface area contributed by atoms with Crippen LogP contribution in [0.5, 0.6) is 0 Å². The third-order valence-electron chi connectivity index (χ3n) is 1.63. The molecule has 6 heteroatoms. The van der Waals surface area contributed by atoms with Gasteiger partial charge < -0.3 is 10.8 Å². The van der Waals surface area contributed by atoms with Crippen molar-refractivity contribution in [2.45, 2.75) is 12.5 Å². The van der Waals surface area contributed by atoms with E-state index < -0.39 is 12.0 Å². The highest BCUT2D eigenvalue weighted by molar-refractivity contribution is 9.10. The van der Waals surface area contributed by atoms with Crippen LogP contribution in [0, 0.1) is 0 Å². The predicted octanol–water partition coefficient (Wildman–Crippen LogP) is 1.97. The normalized spacial score (nSPS) is 12.5. The Morgan fingerprint density at radius 3 is 3.00 bits per heavy atom. The maximum atomic E-state index is 10.4. The van der Waals surface area contributed by atoms with Gasteiger partial charge >= 0.3 is 5.97 Å². The molecular formula is C8H8BrClN2O2. The van der Waals surface area contributed by atoms with Gasteiger partial charge in [0.25, 0.3) is 0 Å². The van der Waals surface area contributed by atoms with Gasteiger partial charge in [-0.25, -0.2) is 4.98 Å². The van der Waals surface area contributed by atoms with Gasteiger partial charge in [0, 0.05) is 17.8 Å². The van der Waals surface area contributed by atoms with E-state index in [1.165, 1.54) is 6.20 Å². The highest BCUT2D eigenvalue weighted by Gasteiger charge is 2.14. The van der Waals surface area contributed by atoms with E-state index in [9.17, 15) is 4.79 Å². The lowest BCUT2D eigenvalue weighted by Gasteiger charge is -2.10. The van der Waals surface area contributed by atoms with Gasteiger partial charge in [-0.1, -0.05) is 11.6 Å². The molecule has 1 heterocycles. The average molecular weight is 280 g/mol. The molecule has 1 atom stereocenters. The number of carboxylic acids is 1. The van der Waals surface area contributed by atoms with E-state index in [0.717, 1.165) is 0 Å². The largest absolute Gasteiger partial charge is 0.481 e. The van der Waals surface area contributed by atoms with Crippen LogP contribution in [-0.4, -0.2) is 16.1 Å². The Kier molecular flexibility index (Phi) is 3.86. The molecule has 0 aromatic carbocycles. The molecule has 1 aromatic heterocycles. The summed E-state index contributed by atoms with van der Waals surface area (Å²) in [4.78, 5) is 14.3. The van der Waals surface area contributed by atoms with E-state index in [1.807, 2.05) is 0 Å². The van der Waals surface area contributed by atoms with Crippen LogP contribution in [-0.2, 0) is 4.79 Å². The third-order valence-corrected chi connectivity index (χ3v) is 2.50. The number of hydrogen-bond donors (Lipinski definition) is 2. The lowest BCUT2D eigenvalue weighted by atomic mass is 10.1. The second-order valence-electron chi connectivity index (χ2n) is 2.74. The Balaban J connectivity index is 2.93. The number of carboxylic acid groups (broad SMARTS) is 1. The zero-order valence-electron chi connectivity index (χ0n) is 7.08. The second kappa shape index (κ2) is 4.72. The lowest BCUT2D eigenvalue weighted by Crippen LogP contribution is -2.15. The van der Waals surface area contributed by atoms with Crippen LogP contribution >= 0.6 is 27.5 Å². The first-order valence-corrected chi connectivity index (χ1v) is 4.96. The summed E-state index contributed by atoms with van der Waals surface area (Å²) >= 11 is 8.89. The molecule has 4 nitrogen and oxygen atoms in total. The summed E-state index contributed by atoms with van der Waals surface area (Å²) in [6.07, 6.45) is 1.31. The molecule has 0 aliphatic carbocycles. The lowest BCUT2D eigenvalue weighted by molar-refractivity contribution is -0.137. The van der Waals surface area contributed by atoms with Crippen LogP contribution < -0.4 is 5.73 Å². The predicted molar refractivity (Wildman–Crippen MR) is 56.1 cm³/mol. The first-order chi connectivity index (χ1) is 6.50. The molecule has 0 spiro atoms. The van der Waals surface area contributed by atoms with Crippen molar-refractivity contribution in [3.8, 4) is 0 Å². The highest BCUT2D eigenvalue weighted by atomic mass is 79.9. The smallest absolute Gasteiger partial charge is 0.305 e.